The third-order valence-corrected chi connectivity index (χ3v) is 5.55. The molecule has 1 saturated carbocycles. The molecule has 0 bridgehead atoms. The fourth-order valence-corrected chi connectivity index (χ4v) is 3.86. The zero-order valence-corrected chi connectivity index (χ0v) is 14.8. The lowest BCUT2D eigenvalue weighted by atomic mass is 9.69. The Bertz CT molecular complexity index is 565. The summed E-state index contributed by atoms with van der Waals surface area (Å²) in [6.45, 7) is 4.36. The fourth-order valence-electron chi connectivity index (χ4n) is 3.36. The summed E-state index contributed by atoms with van der Waals surface area (Å²) in [6, 6.07) is 6.75. The summed E-state index contributed by atoms with van der Waals surface area (Å²) >= 11 is -2.10. The summed E-state index contributed by atoms with van der Waals surface area (Å²) in [4.78, 5) is 13.2. The Morgan fingerprint density at radius 2 is 1.91 bits per heavy atom. The molecule has 1 aliphatic carbocycles. The van der Waals surface area contributed by atoms with E-state index in [0.717, 1.165) is 38.5 Å². The van der Waals surface area contributed by atoms with Gasteiger partial charge in [0.2, 0.25) is 5.91 Å². The average Bonchev–Trinajstić information content (AvgIpc) is 2.54. The van der Waals surface area contributed by atoms with Gasteiger partial charge in [-0.05, 0) is 43.7 Å². The summed E-state index contributed by atoms with van der Waals surface area (Å²) in [7, 11) is 0. The van der Waals surface area contributed by atoms with Crippen molar-refractivity contribution in [2.45, 2.75) is 63.7 Å². The van der Waals surface area contributed by atoms with Gasteiger partial charge in [-0.1, -0.05) is 45.2 Å². The van der Waals surface area contributed by atoms with Crippen LogP contribution in [0.2, 0.25) is 0 Å². The van der Waals surface area contributed by atoms with Crippen molar-refractivity contribution in [3.63, 3.8) is 0 Å². The van der Waals surface area contributed by atoms with Gasteiger partial charge in [-0.3, -0.25) is 4.79 Å². The number of para-hydroxylation sites is 1. The lowest BCUT2D eigenvalue weighted by molar-refractivity contribution is -0.128. The van der Waals surface area contributed by atoms with E-state index in [4.69, 9.17) is 0 Å². The lowest BCUT2D eigenvalue weighted by Gasteiger charge is -2.36. The standard InChI is InChI=1S/C18H27NO3S/c1-14(2)10-13-18(11-6-3-7-12-18)17(20)19-15-8-4-5-9-16(15)23(21)22/h4-5,8-9,14H,3,6-7,10-13H2,1-2H3,(H,19,20)(H,21,22). The third-order valence-electron chi connectivity index (χ3n) is 4.82. The van der Waals surface area contributed by atoms with Gasteiger partial charge in [-0.15, -0.1) is 0 Å². The Kier molecular flexibility index (Phi) is 6.36. The van der Waals surface area contributed by atoms with Crippen LogP contribution < -0.4 is 5.32 Å². The van der Waals surface area contributed by atoms with Crippen molar-refractivity contribution in [2.75, 3.05) is 5.32 Å². The lowest BCUT2D eigenvalue weighted by Crippen LogP contribution is -2.38. The number of anilines is 1. The van der Waals surface area contributed by atoms with Crippen LogP contribution in [0.1, 0.15) is 58.8 Å². The van der Waals surface area contributed by atoms with Gasteiger partial charge in [-0.2, -0.15) is 0 Å². The van der Waals surface area contributed by atoms with E-state index in [-0.39, 0.29) is 16.2 Å². The smallest absolute Gasteiger partial charge is 0.230 e. The van der Waals surface area contributed by atoms with E-state index in [1.165, 1.54) is 6.42 Å². The van der Waals surface area contributed by atoms with Crippen molar-refractivity contribution < 1.29 is 13.6 Å². The first kappa shape index (κ1) is 18.1. The summed E-state index contributed by atoms with van der Waals surface area (Å²) in [5.41, 5.74) is 0.125. The van der Waals surface area contributed by atoms with E-state index >= 15 is 0 Å². The van der Waals surface area contributed by atoms with Crippen molar-refractivity contribution >= 4 is 22.7 Å². The summed E-state index contributed by atoms with van der Waals surface area (Å²) in [5.74, 6) is 0.578. The van der Waals surface area contributed by atoms with Gasteiger partial charge in [0, 0.05) is 5.41 Å². The van der Waals surface area contributed by atoms with Gasteiger partial charge in [0.1, 0.15) is 0 Å². The molecule has 5 heteroatoms. The molecule has 1 amide bonds. The molecule has 0 heterocycles. The molecule has 1 aromatic rings. The molecule has 128 valence electrons. The number of hydrogen-bond donors (Lipinski definition) is 2. The van der Waals surface area contributed by atoms with Crippen molar-refractivity contribution in [3.8, 4) is 0 Å². The third kappa shape index (κ3) is 4.64. The van der Waals surface area contributed by atoms with Crippen LogP contribution in [-0.4, -0.2) is 14.7 Å². The van der Waals surface area contributed by atoms with Crippen molar-refractivity contribution in [1.82, 2.24) is 0 Å². The Labute approximate surface area is 141 Å². The second-order valence-corrected chi connectivity index (χ2v) is 7.91. The maximum absolute atomic E-state index is 13.0. The normalized spacial score (nSPS) is 18.6. The number of benzene rings is 1. The number of carbonyl (C=O) groups excluding carboxylic acids is 1. The zero-order chi connectivity index (χ0) is 16.9. The summed E-state index contributed by atoms with van der Waals surface area (Å²) < 4.78 is 20.8. The second kappa shape index (κ2) is 8.06. The first-order chi connectivity index (χ1) is 10.9. The van der Waals surface area contributed by atoms with E-state index in [1.54, 1.807) is 24.3 Å². The van der Waals surface area contributed by atoms with E-state index < -0.39 is 11.1 Å². The molecular formula is C18H27NO3S. The Balaban J connectivity index is 2.19. The predicted octanol–water partition coefficient (Wildman–Crippen LogP) is 4.59. The first-order valence-electron chi connectivity index (χ1n) is 8.46. The first-order valence-corrected chi connectivity index (χ1v) is 9.57. The topological polar surface area (TPSA) is 66.4 Å². The summed E-state index contributed by atoms with van der Waals surface area (Å²) in [6.07, 6.45) is 7.10. The van der Waals surface area contributed by atoms with Crippen LogP contribution in [0.25, 0.3) is 0 Å². The van der Waals surface area contributed by atoms with Crippen LogP contribution in [0.5, 0.6) is 0 Å². The molecule has 23 heavy (non-hydrogen) atoms. The maximum Gasteiger partial charge on any atom is 0.230 e. The van der Waals surface area contributed by atoms with Crippen LogP contribution in [0.3, 0.4) is 0 Å². The van der Waals surface area contributed by atoms with Crippen molar-refractivity contribution in [1.29, 1.82) is 0 Å². The molecular weight excluding hydrogens is 310 g/mol. The number of nitrogens with one attached hydrogen (secondary N) is 1. The molecule has 2 N–H and O–H groups in total. The van der Waals surface area contributed by atoms with Crippen LogP contribution in [0, 0.1) is 11.3 Å². The number of carbonyl (C=O) groups is 1. The minimum Gasteiger partial charge on any atom is -0.324 e. The van der Waals surface area contributed by atoms with Crippen molar-refractivity contribution in [3.05, 3.63) is 24.3 Å². The molecule has 1 aromatic carbocycles. The molecule has 1 aliphatic rings. The van der Waals surface area contributed by atoms with Crippen LogP contribution >= 0.6 is 0 Å². The maximum atomic E-state index is 13.0. The predicted molar refractivity (Wildman–Crippen MR) is 93.7 cm³/mol. The molecule has 0 aromatic heterocycles. The fraction of sp³-hybridized carbons (Fsp3) is 0.611. The highest BCUT2D eigenvalue weighted by Gasteiger charge is 2.39. The second-order valence-electron chi connectivity index (χ2n) is 6.97. The molecule has 0 spiro atoms. The molecule has 4 nitrogen and oxygen atoms in total. The van der Waals surface area contributed by atoms with E-state index in [9.17, 15) is 13.6 Å². The van der Waals surface area contributed by atoms with E-state index in [1.807, 2.05) is 0 Å². The SMILES string of the molecule is CC(C)CCC1(C(=O)Nc2ccccc2S(=O)O)CCCCC1. The Morgan fingerprint density at radius 1 is 1.26 bits per heavy atom. The highest BCUT2D eigenvalue weighted by molar-refractivity contribution is 7.79. The van der Waals surface area contributed by atoms with Gasteiger partial charge in [0.25, 0.3) is 0 Å². The molecule has 0 saturated heterocycles. The van der Waals surface area contributed by atoms with E-state index in [2.05, 4.69) is 19.2 Å². The Morgan fingerprint density at radius 3 is 2.52 bits per heavy atom. The largest absolute Gasteiger partial charge is 0.324 e. The highest BCUT2D eigenvalue weighted by atomic mass is 32.2. The monoisotopic (exact) mass is 337 g/mol. The highest BCUT2D eigenvalue weighted by Crippen LogP contribution is 2.42. The summed E-state index contributed by atoms with van der Waals surface area (Å²) in [5, 5.41) is 2.93. The number of amides is 1. The Hall–Kier alpha value is -1.20. The van der Waals surface area contributed by atoms with Gasteiger partial charge >= 0.3 is 0 Å². The van der Waals surface area contributed by atoms with Crippen LogP contribution in [0.4, 0.5) is 5.69 Å². The molecule has 0 radical (unpaired) electrons. The average molecular weight is 337 g/mol. The molecule has 1 unspecified atom stereocenters. The van der Waals surface area contributed by atoms with Gasteiger partial charge < -0.3 is 9.87 Å². The molecule has 1 fully saturated rings. The minimum atomic E-state index is -2.10. The van der Waals surface area contributed by atoms with E-state index in [0.29, 0.717) is 11.6 Å². The van der Waals surface area contributed by atoms with Gasteiger partial charge in [-0.25, -0.2) is 4.21 Å². The molecule has 1 atom stereocenters. The van der Waals surface area contributed by atoms with Crippen LogP contribution in [0.15, 0.2) is 29.2 Å². The van der Waals surface area contributed by atoms with Crippen LogP contribution in [-0.2, 0) is 15.9 Å². The zero-order valence-electron chi connectivity index (χ0n) is 14.0. The molecule has 2 rings (SSSR count). The number of hydrogen-bond acceptors (Lipinski definition) is 2. The molecule has 0 aliphatic heterocycles. The number of rotatable bonds is 6. The van der Waals surface area contributed by atoms with Crippen molar-refractivity contribution in [2.24, 2.45) is 11.3 Å². The quantitative estimate of drug-likeness (QED) is 0.746. The van der Waals surface area contributed by atoms with Gasteiger partial charge in [0.05, 0.1) is 10.6 Å². The minimum absolute atomic E-state index is 0.00995. The van der Waals surface area contributed by atoms with Gasteiger partial charge in [0.15, 0.2) is 11.1 Å².